The van der Waals surface area contributed by atoms with Crippen LogP contribution in [0.15, 0.2) is 84.9 Å². The van der Waals surface area contributed by atoms with Gasteiger partial charge in [0, 0.05) is 34.0 Å². The summed E-state index contributed by atoms with van der Waals surface area (Å²) in [7, 11) is 0. The van der Waals surface area contributed by atoms with E-state index in [4.69, 9.17) is 21.3 Å². The lowest BCUT2D eigenvalue weighted by Crippen LogP contribution is -2.07. The number of pyridine rings is 1. The highest BCUT2D eigenvalue weighted by Gasteiger charge is 2.15. The SMILES string of the molecule is CCC(=O)Oc1cc(Cl)ccc1Nc1ccc2c(c1)c1ccccc1n1c3ccccc3nc21. The third-order valence-corrected chi connectivity index (χ3v) is 6.23. The highest BCUT2D eigenvalue weighted by molar-refractivity contribution is 6.30. The zero-order valence-electron chi connectivity index (χ0n) is 18.4. The molecule has 166 valence electrons. The molecule has 0 saturated heterocycles. The largest absolute Gasteiger partial charge is 0.424 e. The van der Waals surface area contributed by atoms with Crippen molar-refractivity contribution < 1.29 is 9.53 Å². The van der Waals surface area contributed by atoms with Crippen LogP contribution >= 0.6 is 11.6 Å². The quantitative estimate of drug-likeness (QED) is 0.166. The average molecular weight is 466 g/mol. The van der Waals surface area contributed by atoms with E-state index in [1.54, 1.807) is 19.1 Å². The first kappa shape index (κ1) is 20.5. The molecule has 0 spiro atoms. The molecule has 5 nitrogen and oxygen atoms in total. The summed E-state index contributed by atoms with van der Waals surface area (Å²) >= 11 is 6.15. The van der Waals surface area contributed by atoms with Crippen LogP contribution in [0.25, 0.3) is 38.4 Å². The first-order chi connectivity index (χ1) is 16.6. The Morgan fingerprint density at radius 3 is 2.56 bits per heavy atom. The van der Waals surface area contributed by atoms with Crippen LogP contribution in [0.1, 0.15) is 13.3 Å². The lowest BCUT2D eigenvalue weighted by atomic mass is 10.0. The molecule has 34 heavy (non-hydrogen) atoms. The van der Waals surface area contributed by atoms with Gasteiger partial charge >= 0.3 is 5.97 Å². The maximum absolute atomic E-state index is 11.9. The predicted octanol–water partition coefficient (Wildman–Crippen LogP) is 7.51. The summed E-state index contributed by atoms with van der Waals surface area (Å²) in [5.74, 6) is 0.0860. The van der Waals surface area contributed by atoms with Crippen molar-refractivity contribution in [3.8, 4) is 5.75 Å². The molecule has 2 aromatic heterocycles. The van der Waals surface area contributed by atoms with E-state index in [1.165, 1.54) is 0 Å². The molecule has 2 heterocycles. The molecule has 0 radical (unpaired) electrons. The molecule has 0 saturated carbocycles. The van der Waals surface area contributed by atoms with Crippen LogP contribution in [0.4, 0.5) is 11.4 Å². The second-order valence-electron chi connectivity index (χ2n) is 8.13. The molecule has 0 unspecified atom stereocenters. The van der Waals surface area contributed by atoms with Crippen molar-refractivity contribution in [3.05, 3.63) is 90.0 Å². The average Bonchev–Trinajstić information content (AvgIpc) is 3.25. The fourth-order valence-electron chi connectivity index (χ4n) is 4.42. The normalized spacial score (nSPS) is 11.5. The second-order valence-corrected chi connectivity index (χ2v) is 8.57. The van der Waals surface area contributed by atoms with Gasteiger partial charge in [-0.2, -0.15) is 0 Å². The number of imidazole rings is 1. The number of ether oxygens (including phenoxy) is 1. The van der Waals surface area contributed by atoms with Crippen LogP contribution in [0, 0.1) is 0 Å². The molecular formula is C28H20ClN3O2. The Morgan fingerprint density at radius 2 is 1.71 bits per heavy atom. The number of carbonyl (C=O) groups is 1. The first-order valence-corrected chi connectivity index (χ1v) is 11.5. The zero-order valence-corrected chi connectivity index (χ0v) is 19.1. The van der Waals surface area contributed by atoms with Gasteiger partial charge in [0.1, 0.15) is 5.65 Å². The number of anilines is 2. The summed E-state index contributed by atoms with van der Waals surface area (Å²) in [5, 5.41) is 7.18. The lowest BCUT2D eigenvalue weighted by Gasteiger charge is -2.14. The molecule has 6 aromatic rings. The molecule has 0 atom stereocenters. The highest BCUT2D eigenvalue weighted by atomic mass is 35.5. The maximum atomic E-state index is 11.9. The Balaban J connectivity index is 1.55. The number of nitrogens with zero attached hydrogens (tertiary/aromatic N) is 2. The lowest BCUT2D eigenvalue weighted by molar-refractivity contribution is -0.133. The van der Waals surface area contributed by atoms with Crippen LogP contribution in [0.2, 0.25) is 5.02 Å². The van der Waals surface area contributed by atoms with E-state index in [-0.39, 0.29) is 12.4 Å². The molecule has 6 rings (SSSR count). The number of carbonyl (C=O) groups excluding carboxylic acids is 1. The fraction of sp³-hybridized carbons (Fsp3) is 0.0714. The minimum atomic E-state index is -0.316. The standard InChI is InChI=1S/C28H20ClN3O2/c1-2-27(33)34-26-15-17(29)11-14-23(26)30-18-12-13-20-21(16-18)19-7-3-5-9-24(19)32-25-10-6-4-8-22(25)31-28(20)32/h3-16,30H,2H2,1H3. The monoisotopic (exact) mass is 465 g/mol. The van der Waals surface area contributed by atoms with Crippen LogP contribution in [0.5, 0.6) is 5.75 Å². The number of halogens is 1. The number of nitrogens with one attached hydrogen (secondary N) is 1. The van der Waals surface area contributed by atoms with Gasteiger partial charge in [-0.1, -0.05) is 48.9 Å². The van der Waals surface area contributed by atoms with E-state index in [1.807, 2.05) is 42.5 Å². The molecule has 0 bridgehead atoms. The Hall–Kier alpha value is -4.09. The van der Waals surface area contributed by atoms with Crippen molar-refractivity contribution in [2.75, 3.05) is 5.32 Å². The summed E-state index contributed by atoms with van der Waals surface area (Å²) in [4.78, 5) is 16.9. The van der Waals surface area contributed by atoms with Crippen LogP contribution in [0.3, 0.4) is 0 Å². The van der Waals surface area contributed by atoms with Crippen molar-refractivity contribution in [2.45, 2.75) is 13.3 Å². The Bertz CT molecular complexity index is 1740. The van der Waals surface area contributed by atoms with Gasteiger partial charge in [-0.15, -0.1) is 0 Å². The van der Waals surface area contributed by atoms with E-state index < -0.39 is 0 Å². The number of rotatable bonds is 4. The molecule has 4 aromatic carbocycles. The van der Waals surface area contributed by atoms with E-state index in [0.717, 1.165) is 44.0 Å². The van der Waals surface area contributed by atoms with Crippen LogP contribution in [-0.2, 0) is 4.79 Å². The number of hydrogen-bond acceptors (Lipinski definition) is 4. The van der Waals surface area contributed by atoms with E-state index in [9.17, 15) is 4.79 Å². The Morgan fingerprint density at radius 1 is 0.912 bits per heavy atom. The third-order valence-electron chi connectivity index (χ3n) is 5.99. The van der Waals surface area contributed by atoms with Crippen LogP contribution < -0.4 is 10.1 Å². The summed E-state index contributed by atoms with van der Waals surface area (Å²) in [5.41, 5.74) is 5.61. The minimum absolute atomic E-state index is 0.280. The van der Waals surface area contributed by atoms with Crippen molar-refractivity contribution in [1.82, 2.24) is 9.38 Å². The minimum Gasteiger partial charge on any atom is -0.424 e. The summed E-state index contributed by atoms with van der Waals surface area (Å²) in [6.07, 6.45) is 0.280. The van der Waals surface area contributed by atoms with Crippen molar-refractivity contribution in [2.24, 2.45) is 0 Å². The van der Waals surface area contributed by atoms with Gasteiger partial charge in [-0.05, 0) is 53.9 Å². The van der Waals surface area contributed by atoms with Crippen molar-refractivity contribution >= 4 is 67.3 Å². The van der Waals surface area contributed by atoms with Gasteiger partial charge in [0.25, 0.3) is 0 Å². The third kappa shape index (κ3) is 3.33. The van der Waals surface area contributed by atoms with Gasteiger partial charge in [0.05, 0.1) is 22.2 Å². The van der Waals surface area contributed by atoms with Gasteiger partial charge < -0.3 is 10.1 Å². The second kappa shape index (κ2) is 8.04. The van der Waals surface area contributed by atoms with Gasteiger partial charge in [-0.3, -0.25) is 9.20 Å². The molecule has 0 amide bonds. The summed E-state index contributed by atoms with van der Waals surface area (Å²) in [6.45, 7) is 1.76. The fourth-order valence-corrected chi connectivity index (χ4v) is 4.58. The highest BCUT2D eigenvalue weighted by Crippen LogP contribution is 2.36. The molecule has 0 fully saturated rings. The van der Waals surface area contributed by atoms with Crippen LogP contribution in [-0.4, -0.2) is 15.4 Å². The number of fused-ring (bicyclic) bond motifs is 8. The molecule has 0 aliphatic heterocycles. The Kier molecular flexibility index (Phi) is 4.85. The zero-order chi connectivity index (χ0) is 23.2. The van der Waals surface area contributed by atoms with Gasteiger partial charge in [0.15, 0.2) is 5.75 Å². The number of aromatic nitrogens is 2. The smallest absolute Gasteiger partial charge is 0.310 e. The molecule has 1 N–H and O–H groups in total. The first-order valence-electron chi connectivity index (χ1n) is 11.1. The molecule has 0 aliphatic rings. The van der Waals surface area contributed by atoms with Crippen molar-refractivity contribution in [1.29, 1.82) is 0 Å². The molecule has 6 heteroatoms. The Labute approximate surface area is 200 Å². The van der Waals surface area contributed by atoms with E-state index in [2.05, 4.69) is 40.0 Å². The van der Waals surface area contributed by atoms with E-state index >= 15 is 0 Å². The number of para-hydroxylation sites is 3. The van der Waals surface area contributed by atoms with Gasteiger partial charge in [0.2, 0.25) is 0 Å². The predicted molar refractivity (Wildman–Crippen MR) is 138 cm³/mol. The maximum Gasteiger partial charge on any atom is 0.310 e. The van der Waals surface area contributed by atoms with E-state index in [0.29, 0.717) is 16.5 Å². The van der Waals surface area contributed by atoms with Crippen molar-refractivity contribution in [3.63, 3.8) is 0 Å². The topological polar surface area (TPSA) is 55.6 Å². The number of esters is 1. The number of benzene rings is 4. The van der Waals surface area contributed by atoms with Gasteiger partial charge in [-0.25, -0.2) is 4.98 Å². The summed E-state index contributed by atoms with van der Waals surface area (Å²) in [6, 6.07) is 28.0. The molecule has 0 aliphatic carbocycles. The summed E-state index contributed by atoms with van der Waals surface area (Å²) < 4.78 is 7.72. The molecular weight excluding hydrogens is 446 g/mol. The number of hydrogen-bond donors (Lipinski definition) is 1.